The van der Waals surface area contributed by atoms with Crippen LogP contribution in [0, 0.1) is 13.8 Å². The first-order valence-electron chi connectivity index (χ1n) is 10.7. The summed E-state index contributed by atoms with van der Waals surface area (Å²) in [5.41, 5.74) is 3.52. The van der Waals surface area contributed by atoms with E-state index in [0.29, 0.717) is 49.0 Å². The van der Waals surface area contributed by atoms with Crippen molar-refractivity contribution in [3.05, 3.63) is 65.7 Å². The minimum absolute atomic E-state index is 0.0842. The molecule has 3 heterocycles. The molecule has 168 valence electrons. The molecule has 33 heavy (non-hydrogen) atoms. The second kappa shape index (κ2) is 9.11. The van der Waals surface area contributed by atoms with Gasteiger partial charge in [-0.2, -0.15) is 10.1 Å². The van der Waals surface area contributed by atoms with E-state index in [-0.39, 0.29) is 5.91 Å². The van der Waals surface area contributed by atoms with Crippen molar-refractivity contribution >= 4 is 29.1 Å². The number of anilines is 1. The maximum absolute atomic E-state index is 12.9. The molecule has 0 saturated carbocycles. The zero-order valence-corrected chi connectivity index (χ0v) is 19.2. The van der Waals surface area contributed by atoms with E-state index in [2.05, 4.69) is 20.4 Å². The van der Waals surface area contributed by atoms with Crippen molar-refractivity contribution in [1.29, 1.82) is 0 Å². The van der Waals surface area contributed by atoms with Gasteiger partial charge >= 0.3 is 0 Å². The molecule has 1 aliphatic rings. The van der Waals surface area contributed by atoms with Crippen molar-refractivity contribution in [3.63, 3.8) is 0 Å². The van der Waals surface area contributed by atoms with Crippen LogP contribution >= 0.6 is 11.8 Å². The van der Waals surface area contributed by atoms with Gasteiger partial charge in [-0.1, -0.05) is 30.0 Å². The molecule has 2 aromatic carbocycles. The highest BCUT2D eigenvalue weighted by molar-refractivity contribution is 7.99. The Morgan fingerprint density at radius 1 is 1.12 bits per heavy atom. The third-order valence-corrected chi connectivity index (χ3v) is 6.55. The third-order valence-electron chi connectivity index (χ3n) is 5.48. The van der Waals surface area contributed by atoms with E-state index < -0.39 is 0 Å². The Morgan fingerprint density at radius 3 is 2.67 bits per heavy atom. The van der Waals surface area contributed by atoms with Gasteiger partial charge < -0.3 is 14.8 Å². The number of nitrogens with one attached hydrogen (secondary N) is 1. The molecule has 0 radical (unpaired) electrons. The Hall–Kier alpha value is -3.59. The first-order valence-corrected chi connectivity index (χ1v) is 11.5. The number of fused-ring (bicyclic) bond motifs is 2. The van der Waals surface area contributed by atoms with E-state index in [1.54, 1.807) is 16.3 Å². The number of rotatable bonds is 6. The summed E-state index contributed by atoms with van der Waals surface area (Å²) in [6, 6.07) is 13.8. The first-order chi connectivity index (χ1) is 16.1. The molecular weight excluding hydrogens is 438 g/mol. The van der Waals surface area contributed by atoms with Crippen molar-refractivity contribution < 1.29 is 14.3 Å². The number of carbonyl (C=O) groups excluding carboxylic acids is 1. The molecule has 2 aromatic heterocycles. The lowest BCUT2D eigenvalue weighted by atomic mass is 10.1. The van der Waals surface area contributed by atoms with E-state index in [0.717, 1.165) is 26.7 Å². The van der Waals surface area contributed by atoms with Crippen molar-refractivity contribution in [1.82, 2.24) is 19.6 Å². The average Bonchev–Trinajstić information content (AvgIpc) is 3.28. The van der Waals surface area contributed by atoms with Crippen LogP contribution in [-0.4, -0.2) is 38.7 Å². The molecule has 4 aromatic rings. The van der Waals surface area contributed by atoms with Crippen molar-refractivity contribution in [2.24, 2.45) is 0 Å². The molecule has 5 rings (SSSR count). The third kappa shape index (κ3) is 4.49. The lowest BCUT2D eigenvalue weighted by molar-refractivity contribution is -0.116. The Morgan fingerprint density at radius 2 is 1.88 bits per heavy atom. The summed E-state index contributed by atoms with van der Waals surface area (Å²) in [5.74, 6) is 1.81. The summed E-state index contributed by atoms with van der Waals surface area (Å²) in [7, 11) is 0. The normalized spacial score (nSPS) is 12.7. The van der Waals surface area contributed by atoms with Crippen LogP contribution in [0.25, 0.3) is 5.78 Å². The predicted octanol–water partition coefficient (Wildman–Crippen LogP) is 4.23. The second-order valence-electron chi connectivity index (χ2n) is 7.69. The van der Waals surface area contributed by atoms with Crippen molar-refractivity contribution in [2.75, 3.05) is 18.5 Å². The number of nitrogens with zero attached hydrogens (tertiary/aromatic N) is 4. The Balaban J connectivity index is 1.36. The van der Waals surface area contributed by atoms with Crippen LogP contribution in [0.4, 0.5) is 5.69 Å². The molecule has 0 aliphatic carbocycles. The highest BCUT2D eigenvalue weighted by atomic mass is 32.2. The fourth-order valence-electron chi connectivity index (χ4n) is 3.84. The molecule has 8 nitrogen and oxygen atoms in total. The molecule has 0 fully saturated rings. The van der Waals surface area contributed by atoms with E-state index in [1.165, 1.54) is 6.33 Å². The first kappa shape index (κ1) is 21.3. The van der Waals surface area contributed by atoms with Crippen molar-refractivity contribution in [2.45, 2.75) is 36.5 Å². The number of aromatic nitrogens is 4. The van der Waals surface area contributed by atoms with Crippen molar-refractivity contribution in [3.8, 4) is 11.5 Å². The zero-order valence-electron chi connectivity index (χ0n) is 18.4. The highest BCUT2D eigenvalue weighted by Crippen LogP contribution is 2.42. The van der Waals surface area contributed by atoms with Crippen LogP contribution in [0.15, 0.2) is 58.6 Å². The molecule has 0 unspecified atom stereocenters. The minimum Gasteiger partial charge on any atom is -0.486 e. The highest BCUT2D eigenvalue weighted by Gasteiger charge is 2.19. The molecule has 1 N–H and O–H groups in total. The quantitative estimate of drug-likeness (QED) is 0.459. The maximum Gasteiger partial charge on any atom is 0.252 e. The monoisotopic (exact) mass is 461 g/mol. The Labute approximate surface area is 195 Å². The van der Waals surface area contributed by atoms with Gasteiger partial charge in [0.2, 0.25) is 5.91 Å². The van der Waals surface area contributed by atoms with Gasteiger partial charge in [-0.3, -0.25) is 4.79 Å². The number of carbonyl (C=O) groups is 1. The summed E-state index contributed by atoms with van der Waals surface area (Å²) in [4.78, 5) is 23.6. The predicted molar refractivity (Wildman–Crippen MR) is 125 cm³/mol. The van der Waals surface area contributed by atoms with E-state index in [4.69, 9.17) is 9.47 Å². The number of amides is 1. The van der Waals surface area contributed by atoms with Gasteiger partial charge in [0.1, 0.15) is 19.5 Å². The van der Waals surface area contributed by atoms with Crippen LogP contribution in [-0.2, 0) is 11.2 Å². The molecule has 0 spiro atoms. The van der Waals surface area contributed by atoms with E-state index >= 15 is 0 Å². The smallest absolute Gasteiger partial charge is 0.252 e. The standard InChI is InChI=1S/C24H23N5O3S/c1-15-18(16(2)29-24(27-15)25-14-26-29)8-9-23(30)28-19-12-20-21(32-11-10-31-20)13-22(19)33-17-6-4-3-5-7-17/h3-7,12-14H,8-11H2,1-2H3,(H,28,30). The Bertz CT molecular complexity index is 1320. The summed E-state index contributed by atoms with van der Waals surface area (Å²) >= 11 is 1.57. The number of hydrogen-bond acceptors (Lipinski definition) is 7. The van der Waals surface area contributed by atoms with Crippen LogP contribution in [0.1, 0.15) is 23.4 Å². The van der Waals surface area contributed by atoms with Crippen LogP contribution < -0.4 is 14.8 Å². The largest absolute Gasteiger partial charge is 0.486 e. The van der Waals surface area contributed by atoms with Gasteiger partial charge in [0.15, 0.2) is 11.5 Å². The van der Waals surface area contributed by atoms with Gasteiger partial charge in [-0.05, 0) is 38.0 Å². The summed E-state index contributed by atoms with van der Waals surface area (Å²) in [5, 5.41) is 7.29. The van der Waals surface area contributed by atoms with Gasteiger partial charge in [0.05, 0.1) is 5.69 Å². The summed E-state index contributed by atoms with van der Waals surface area (Å²) in [6.45, 7) is 4.91. The van der Waals surface area contributed by atoms with Gasteiger partial charge in [-0.25, -0.2) is 9.50 Å². The summed E-state index contributed by atoms with van der Waals surface area (Å²) < 4.78 is 13.2. The van der Waals surface area contributed by atoms with E-state index in [1.807, 2.05) is 56.3 Å². The molecular formula is C24H23N5O3S. The lowest BCUT2D eigenvalue weighted by Gasteiger charge is -2.21. The fraction of sp³-hybridized carbons (Fsp3) is 0.250. The SMILES string of the molecule is Cc1nc2ncnn2c(C)c1CCC(=O)Nc1cc2c(cc1Sc1ccccc1)OCCO2. The van der Waals surface area contributed by atoms with Gasteiger partial charge in [0, 0.05) is 39.7 Å². The van der Waals surface area contributed by atoms with E-state index in [9.17, 15) is 4.79 Å². The van der Waals surface area contributed by atoms with Gasteiger partial charge in [0.25, 0.3) is 5.78 Å². The van der Waals surface area contributed by atoms with Crippen LogP contribution in [0.5, 0.6) is 11.5 Å². The second-order valence-corrected chi connectivity index (χ2v) is 8.80. The topological polar surface area (TPSA) is 90.6 Å². The number of aryl methyl sites for hydroxylation is 2. The molecule has 1 aliphatic heterocycles. The molecule has 9 heteroatoms. The molecule has 0 saturated heterocycles. The molecule has 0 bridgehead atoms. The summed E-state index contributed by atoms with van der Waals surface area (Å²) in [6.07, 6.45) is 2.35. The minimum atomic E-state index is -0.0842. The van der Waals surface area contributed by atoms with Crippen LogP contribution in [0.3, 0.4) is 0 Å². The maximum atomic E-state index is 12.9. The van der Waals surface area contributed by atoms with Crippen LogP contribution in [0.2, 0.25) is 0 Å². The number of hydrogen-bond donors (Lipinski definition) is 1. The lowest BCUT2D eigenvalue weighted by Crippen LogP contribution is -2.17. The molecule has 0 atom stereocenters. The van der Waals surface area contributed by atoms with Gasteiger partial charge in [-0.15, -0.1) is 0 Å². The number of ether oxygens (including phenoxy) is 2. The number of benzene rings is 2. The molecule has 1 amide bonds. The average molecular weight is 462 g/mol. The fourth-order valence-corrected chi connectivity index (χ4v) is 4.77. The Kier molecular flexibility index (Phi) is 5.87. The zero-order chi connectivity index (χ0) is 22.8.